The number of hydrogen-bond acceptors (Lipinski definition) is 3. The SMILES string of the molecule is CC(C)[C@@H](N)C(=O)Nc1cccnc1Br. The second-order valence-corrected chi connectivity index (χ2v) is 4.35. The first-order valence-corrected chi connectivity index (χ1v) is 5.48. The fraction of sp³-hybridized carbons (Fsp3) is 0.400. The molecule has 4 nitrogen and oxygen atoms in total. The van der Waals surface area contributed by atoms with Crippen molar-refractivity contribution in [3.8, 4) is 0 Å². The van der Waals surface area contributed by atoms with E-state index >= 15 is 0 Å². The van der Waals surface area contributed by atoms with Gasteiger partial charge in [-0.3, -0.25) is 4.79 Å². The Kier molecular flexibility index (Phi) is 4.23. The summed E-state index contributed by atoms with van der Waals surface area (Å²) < 4.78 is 0.606. The van der Waals surface area contributed by atoms with Gasteiger partial charge in [0, 0.05) is 6.20 Å². The van der Waals surface area contributed by atoms with Crippen LogP contribution in [0.3, 0.4) is 0 Å². The summed E-state index contributed by atoms with van der Waals surface area (Å²) in [5.41, 5.74) is 6.35. The smallest absolute Gasteiger partial charge is 0.241 e. The van der Waals surface area contributed by atoms with Crippen LogP contribution in [0.4, 0.5) is 5.69 Å². The molecule has 1 aromatic rings. The second kappa shape index (κ2) is 5.23. The summed E-state index contributed by atoms with van der Waals surface area (Å²) in [5.74, 6) is -0.0841. The molecule has 82 valence electrons. The van der Waals surface area contributed by atoms with Crippen LogP contribution < -0.4 is 11.1 Å². The Bertz CT molecular complexity index is 354. The van der Waals surface area contributed by atoms with E-state index in [2.05, 4.69) is 26.2 Å². The van der Waals surface area contributed by atoms with Crippen LogP contribution in [0, 0.1) is 5.92 Å². The Morgan fingerprint density at radius 1 is 1.60 bits per heavy atom. The van der Waals surface area contributed by atoms with E-state index in [0.29, 0.717) is 10.3 Å². The molecule has 1 aromatic heterocycles. The van der Waals surface area contributed by atoms with Crippen molar-refractivity contribution < 1.29 is 4.79 Å². The molecular weight excluding hydrogens is 258 g/mol. The van der Waals surface area contributed by atoms with E-state index in [1.54, 1.807) is 18.3 Å². The van der Waals surface area contributed by atoms with Crippen molar-refractivity contribution in [1.29, 1.82) is 0 Å². The van der Waals surface area contributed by atoms with Crippen molar-refractivity contribution in [2.75, 3.05) is 5.32 Å². The van der Waals surface area contributed by atoms with Gasteiger partial charge in [-0.15, -0.1) is 0 Å². The molecular formula is C10H14BrN3O. The van der Waals surface area contributed by atoms with E-state index < -0.39 is 6.04 Å². The van der Waals surface area contributed by atoms with Gasteiger partial charge in [0.2, 0.25) is 5.91 Å². The minimum Gasteiger partial charge on any atom is -0.322 e. The van der Waals surface area contributed by atoms with Gasteiger partial charge in [-0.05, 0) is 34.0 Å². The number of aromatic nitrogens is 1. The standard InChI is InChI=1S/C10H14BrN3O/c1-6(2)8(12)10(15)14-7-4-3-5-13-9(7)11/h3-6,8H,12H2,1-2H3,(H,14,15)/t8-/m1/s1. The first-order valence-electron chi connectivity index (χ1n) is 4.69. The lowest BCUT2D eigenvalue weighted by molar-refractivity contribution is -0.118. The Labute approximate surface area is 97.4 Å². The summed E-state index contributed by atoms with van der Waals surface area (Å²) in [4.78, 5) is 15.6. The lowest BCUT2D eigenvalue weighted by atomic mass is 10.1. The van der Waals surface area contributed by atoms with Crippen molar-refractivity contribution in [2.24, 2.45) is 11.7 Å². The average Bonchev–Trinajstić information content (AvgIpc) is 2.20. The monoisotopic (exact) mass is 271 g/mol. The number of amides is 1. The molecule has 0 radical (unpaired) electrons. The number of pyridine rings is 1. The number of anilines is 1. The van der Waals surface area contributed by atoms with Crippen molar-refractivity contribution in [1.82, 2.24) is 4.98 Å². The molecule has 3 N–H and O–H groups in total. The third-order valence-corrected chi connectivity index (χ3v) is 2.67. The van der Waals surface area contributed by atoms with Crippen molar-refractivity contribution in [3.63, 3.8) is 0 Å². The van der Waals surface area contributed by atoms with Gasteiger partial charge in [0.05, 0.1) is 11.7 Å². The fourth-order valence-electron chi connectivity index (χ4n) is 0.998. The van der Waals surface area contributed by atoms with Crippen LogP contribution >= 0.6 is 15.9 Å². The normalized spacial score (nSPS) is 12.6. The van der Waals surface area contributed by atoms with Crippen LogP contribution in [0.25, 0.3) is 0 Å². The first kappa shape index (κ1) is 12.1. The summed E-state index contributed by atoms with van der Waals surface area (Å²) in [6.45, 7) is 3.81. The number of nitrogens with two attached hydrogens (primary N) is 1. The molecule has 1 amide bonds. The number of nitrogens with one attached hydrogen (secondary N) is 1. The predicted molar refractivity (Wildman–Crippen MR) is 63.4 cm³/mol. The van der Waals surface area contributed by atoms with Gasteiger partial charge >= 0.3 is 0 Å². The summed E-state index contributed by atoms with van der Waals surface area (Å²) in [7, 11) is 0. The third-order valence-electron chi connectivity index (χ3n) is 2.04. The number of halogens is 1. The fourth-order valence-corrected chi connectivity index (χ4v) is 1.35. The highest BCUT2D eigenvalue weighted by Crippen LogP contribution is 2.18. The van der Waals surface area contributed by atoms with E-state index in [4.69, 9.17) is 5.73 Å². The van der Waals surface area contributed by atoms with Crippen LogP contribution in [0.2, 0.25) is 0 Å². The summed E-state index contributed by atoms with van der Waals surface area (Å²) in [6, 6.07) is 3.01. The molecule has 0 fully saturated rings. The highest BCUT2D eigenvalue weighted by Gasteiger charge is 2.17. The van der Waals surface area contributed by atoms with Crippen LogP contribution in [-0.2, 0) is 4.79 Å². The summed E-state index contributed by atoms with van der Waals surface area (Å²) in [5, 5.41) is 2.72. The maximum absolute atomic E-state index is 11.6. The molecule has 0 aliphatic rings. The summed E-state index contributed by atoms with van der Waals surface area (Å²) in [6.07, 6.45) is 1.64. The number of hydrogen-bond donors (Lipinski definition) is 2. The lowest BCUT2D eigenvalue weighted by Gasteiger charge is -2.15. The third kappa shape index (κ3) is 3.28. The van der Waals surface area contributed by atoms with Crippen molar-refractivity contribution in [2.45, 2.75) is 19.9 Å². The van der Waals surface area contributed by atoms with E-state index in [9.17, 15) is 4.79 Å². The van der Waals surface area contributed by atoms with Gasteiger partial charge in [0.25, 0.3) is 0 Å². The highest BCUT2D eigenvalue weighted by atomic mass is 79.9. The molecule has 1 atom stereocenters. The van der Waals surface area contributed by atoms with Crippen LogP contribution in [-0.4, -0.2) is 16.9 Å². The Morgan fingerprint density at radius 3 is 2.80 bits per heavy atom. The molecule has 15 heavy (non-hydrogen) atoms. The Balaban J connectivity index is 2.71. The average molecular weight is 272 g/mol. The number of carbonyl (C=O) groups is 1. The minimum absolute atomic E-state index is 0.112. The Morgan fingerprint density at radius 2 is 2.27 bits per heavy atom. The molecule has 5 heteroatoms. The van der Waals surface area contributed by atoms with Gasteiger partial charge < -0.3 is 11.1 Å². The second-order valence-electron chi connectivity index (χ2n) is 3.60. The Hall–Kier alpha value is -0.940. The number of nitrogens with zero attached hydrogens (tertiary/aromatic N) is 1. The number of carbonyl (C=O) groups excluding carboxylic acids is 1. The number of rotatable bonds is 3. The topological polar surface area (TPSA) is 68.0 Å². The van der Waals surface area contributed by atoms with Crippen LogP contribution in [0.5, 0.6) is 0 Å². The summed E-state index contributed by atoms with van der Waals surface area (Å²) >= 11 is 3.24. The largest absolute Gasteiger partial charge is 0.322 e. The van der Waals surface area contributed by atoms with E-state index in [1.807, 2.05) is 13.8 Å². The molecule has 0 unspecified atom stereocenters. The minimum atomic E-state index is -0.503. The molecule has 0 spiro atoms. The van der Waals surface area contributed by atoms with Crippen LogP contribution in [0.15, 0.2) is 22.9 Å². The maximum atomic E-state index is 11.6. The molecule has 0 saturated heterocycles. The zero-order valence-electron chi connectivity index (χ0n) is 8.70. The lowest BCUT2D eigenvalue weighted by Crippen LogP contribution is -2.39. The molecule has 0 aromatic carbocycles. The van der Waals surface area contributed by atoms with Gasteiger partial charge in [-0.25, -0.2) is 4.98 Å². The van der Waals surface area contributed by atoms with E-state index in [1.165, 1.54) is 0 Å². The maximum Gasteiger partial charge on any atom is 0.241 e. The van der Waals surface area contributed by atoms with Crippen LogP contribution in [0.1, 0.15) is 13.8 Å². The van der Waals surface area contributed by atoms with Gasteiger partial charge in [0.1, 0.15) is 4.60 Å². The van der Waals surface area contributed by atoms with Crippen molar-refractivity contribution >= 4 is 27.5 Å². The van der Waals surface area contributed by atoms with Crippen molar-refractivity contribution in [3.05, 3.63) is 22.9 Å². The quantitative estimate of drug-likeness (QED) is 0.824. The zero-order chi connectivity index (χ0) is 11.4. The first-order chi connectivity index (χ1) is 7.02. The zero-order valence-corrected chi connectivity index (χ0v) is 10.3. The van der Waals surface area contributed by atoms with E-state index in [0.717, 1.165) is 0 Å². The van der Waals surface area contributed by atoms with Gasteiger partial charge in [0.15, 0.2) is 0 Å². The van der Waals surface area contributed by atoms with Gasteiger partial charge in [-0.2, -0.15) is 0 Å². The van der Waals surface area contributed by atoms with Gasteiger partial charge in [-0.1, -0.05) is 13.8 Å². The molecule has 0 aliphatic heterocycles. The highest BCUT2D eigenvalue weighted by molar-refractivity contribution is 9.10. The predicted octanol–water partition coefficient (Wildman–Crippen LogP) is 1.77. The molecule has 0 bridgehead atoms. The van der Waals surface area contributed by atoms with E-state index in [-0.39, 0.29) is 11.8 Å². The molecule has 1 rings (SSSR count). The molecule has 0 aliphatic carbocycles. The molecule has 0 saturated carbocycles. The molecule has 1 heterocycles.